The molecule has 2 heterocycles. The van der Waals surface area contributed by atoms with E-state index < -0.39 is 0 Å². The third-order valence-electron chi connectivity index (χ3n) is 4.95. The van der Waals surface area contributed by atoms with E-state index >= 15 is 0 Å². The molecule has 1 fully saturated rings. The van der Waals surface area contributed by atoms with E-state index in [1.807, 2.05) is 6.07 Å². The number of piperazine rings is 1. The molecule has 1 saturated heterocycles. The van der Waals surface area contributed by atoms with Gasteiger partial charge >= 0.3 is 0 Å². The van der Waals surface area contributed by atoms with Gasteiger partial charge in [0, 0.05) is 57.3 Å². The summed E-state index contributed by atoms with van der Waals surface area (Å²) in [6.07, 6.45) is 7.20. The van der Waals surface area contributed by atoms with Gasteiger partial charge in [-0.2, -0.15) is 0 Å². The largest absolute Gasteiger partial charge is 0.361 e. The summed E-state index contributed by atoms with van der Waals surface area (Å²) < 4.78 is 0. The molecule has 3 rings (SSSR count). The lowest BCUT2D eigenvalue weighted by Crippen LogP contribution is -2.49. The Morgan fingerprint density at radius 3 is 2.46 bits per heavy atom. The lowest BCUT2D eigenvalue weighted by Gasteiger charge is -2.34. The van der Waals surface area contributed by atoms with E-state index in [1.54, 1.807) is 12.4 Å². The number of benzene rings is 1. The Morgan fingerprint density at radius 2 is 1.79 bits per heavy atom. The summed E-state index contributed by atoms with van der Waals surface area (Å²) in [7, 11) is 0. The Labute approximate surface area is 173 Å². The van der Waals surface area contributed by atoms with Crippen LogP contribution in [0.1, 0.15) is 25.3 Å². The van der Waals surface area contributed by atoms with Crippen molar-refractivity contribution in [2.24, 2.45) is 0 Å². The van der Waals surface area contributed by atoms with E-state index in [4.69, 9.17) is 12.2 Å². The molecule has 2 aromatic rings. The second kappa shape index (κ2) is 10.9. The van der Waals surface area contributed by atoms with Crippen LogP contribution in [0.15, 0.2) is 42.7 Å². The van der Waals surface area contributed by atoms with Crippen LogP contribution in [0.5, 0.6) is 0 Å². The number of aromatic nitrogens is 2. The molecular weight excluding hydrogens is 368 g/mol. The number of anilines is 2. The number of aryl methyl sites for hydroxylation is 1. The maximum atomic E-state index is 5.42. The number of nitrogens with one attached hydrogen (secondary N) is 2. The Bertz CT molecular complexity index is 713. The number of unbranched alkanes of at least 4 members (excludes halogenated alkanes) is 1. The highest BCUT2D eigenvalue weighted by Crippen LogP contribution is 2.12. The minimum absolute atomic E-state index is 0.678. The molecule has 0 amide bonds. The van der Waals surface area contributed by atoms with Gasteiger partial charge in [0.2, 0.25) is 5.95 Å². The van der Waals surface area contributed by atoms with Gasteiger partial charge in [0.25, 0.3) is 0 Å². The summed E-state index contributed by atoms with van der Waals surface area (Å²) in [5.74, 6) is 0.825. The lowest BCUT2D eigenvalue weighted by atomic mass is 10.1. The number of hydrogen-bond acceptors (Lipinski definition) is 5. The zero-order chi connectivity index (χ0) is 19.6. The zero-order valence-corrected chi connectivity index (χ0v) is 17.4. The quantitative estimate of drug-likeness (QED) is 0.663. The smallest absolute Gasteiger partial charge is 0.225 e. The molecule has 0 atom stereocenters. The van der Waals surface area contributed by atoms with Crippen molar-refractivity contribution < 1.29 is 0 Å². The summed E-state index contributed by atoms with van der Waals surface area (Å²) in [6, 6.07) is 10.4. The van der Waals surface area contributed by atoms with E-state index in [9.17, 15) is 0 Å². The molecule has 1 aliphatic rings. The first kappa shape index (κ1) is 20.5. The van der Waals surface area contributed by atoms with Crippen LogP contribution in [0.3, 0.4) is 0 Å². The van der Waals surface area contributed by atoms with Gasteiger partial charge in [-0.3, -0.25) is 4.90 Å². The number of hydrogen-bond donors (Lipinski definition) is 2. The standard InChI is InChI=1S/C21H30N6S/c1-2-3-5-18-6-8-19(9-7-18)25-21(28)24-12-13-26-14-16-27(17-15-26)20-22-10-4-11-23-20/h4,6-11H,2-3,5,12-17H2,1H3,(H2,24,25,28). The minimum atomic E-state index is 0.678. The Hall–Kier alpha value is -2.25. The second-order valence-corrected chi connectivity index (χ2v) is 7.47. The molecule has 0 saturated carbocycles. The normalized spacial score (nSPS) is 14.7. The predicted molar refractivity (Wildman–Crippen MR) is 120 cm³/mol. The molecular formula is C21H30N6S. The SMILES string of the molecule is CCCCc1ccc(NC(=S)NCCN2CCN(c3ncccn3)CC2)cc1. The second-order valence-electron chi connectivity index (χ2n) is 7.06. The Balaban J connectivity index is 1.32. The van der Waals surface area contributed by atoms with Gasteiger partial charge in [-0.05, 0) is 48.8 Å². The van der Waals surface area contributed by atoms with Crippen molar-refractivity contribution in [2.45, 2.75) is 26.2 Å². The van der Waals surface area contributed by atoms with E-state index in [0.29, 0.717) is 5.11 Å². The molecule has 7 heteroatoms. The highest BCUT2D eigenvalue weighted by atomic mass is 32.1. The van der Waals surface area contributed by atoms with Crippen LogP contribution in [0.2, 0.25) is 0 Å². The molecule has 0 spiro atoms. The molecule has 1 aliphatic heterocycles. The monoisotopic (exact) mass is 398 g/mol. The first-order chi connectivity index (χ1) is 13.7. The number of rotatable bonds is 8. The fourth-order valence-corrected chi connectivity index (χ4v) is 3.48. The van der Waals surface area contributed by atoms with Crippen molar-refractivity contribution in [1.29, 1.82) is 0 Å². The Morgan fingerprint density at radius 1 is 1.07 bits per heavy atom. The van der Waals surface area contributed by atoms with Gasteiger partial charge in [-0.25, -0.2) is 9.97 Å². The molecule has 0 radical (unpaired) electrons. The van der Waals surface area contributed by atoms with Crippen molar-refractivity contribution in [3.8, 4) is 0 Å². The molecule has 1 aromatic heterocycles. The van der Waals surface area contributed by atoms with Gasteiger partial charge in [-0.15, -0.1) is 0 Å². The third-order valence-corrected chi connectivity index (χ3v) is 5.20. The van der Waals surface area contributed by atoms with Crippen molar-refractivity contribution in [1.82, 2.24) is 20.2 Å². The van der Waals surface area contributed by atoms with Gasteiger partial charge < -0.3 is 15.5 Å². The minimum Gasteiger partial charge on any atom is -0.361 e. The average molecular weight is 399 g/mol. The van der Waals surface area contributed by atoms with E-state index in [1.165, 1.54) is 18.4 Å². The Kier molecular flexibility index (Phi) is 7.99. The molecule has 150 valence electrons. The average Bonchev–Trinajstić information content (AvgIpc) is 2.74. The molecule has 0 aliphatic carbocycles. The highest BCUT2D eigenvalue weighted by Gasteiger charge is 2.18. The molecule has 0 bridgehead atoms. The fraction of sp³-hybridized carbons (Fsp3) is 0.476. The maximum absolute atomic E-state index is 5.42. The molecule has 2 N–H and O–H groups in total. The summed E-state index contributed by atoms with van der Waals surface area (Å²) in [5, 5.41) is 7.26. The van der Waals surface area contributed by atoms with E-state index in [-0.39, 0.29) is 0 Å². The third kappa shape index (κ3) is 6.42. The number of nitrogens with zero attached hydrogens (tertiary/aromatic N) is 4. The van der Waals surface area contributed by atoms with Crippen LogP contribution in [0.25, 0.3) is 0 Å². The van der Waals surface area contributed by atoms with Gasteiger partial charge in [0.1, 0.15) is 0 Å². The van der Waals surface area contributed by atoms with Crippen LogP contribution in [-0.4, -0.2) is 59.2 Å². The van der Waals surface area contributed by atoms with Crippen molar-refractivity contribution in [3.63, 3.8) is 0 Å². The number of thiocarbonyl (C=S) groups is 1. The van der Waals surface area contributed by atoms with Crippen molar-refractivity contribution in [3.05, 3.63) is 48.3 Å². The molecule has 1 aromatic carbocycles. The molecule has 6 nitrogen and oxygen atoms in total. The van der Waals surface area contributed by atoms with Crippen LogP contribution < -0.4 is 15.5 Å². The van der Waals surface area contributed by atoms with Crippen LogP contribution in [0, 0.1) is 0 Å². The van der Waals surface area contributed by atoms with Gasteiger partial charge in [0.15, 0.2) is 5.11 Å². The lowest BCUT2D eigenvalue weighted by molar-refractivity contribution is 0.260. The maximum Gasteiger partial charge on any atom is 0.225 e. The highest BCUT2D eigenvalue weighted by molar-refractivity contribution is 7.80. The summed E-state index contributed by atoms with van der Waals surface area (Å²) >= 11 is 5.42. The van der Waals surface area contributed by atoms with Crippen molar-refractivity contribution in [2.75, 3.05) is 49.5 Å². The van der Waals surface area contributed by atoms with Crippen molar-refractivity contribution >= 4 is 29.0 Å². The fourth-order valence-electron chi connectivity index (χ4n) is 3.26. The first-order valence-corrected chi connectivity index (χ1v) is 10.5. The van der Waals surface area contributed by atoms with Gasteiger partial charge in [0.05, 0.1) is 0 Å². The first-order valence-electron chi connectivity index (χ1n) is 10.1. The van der Waals surface area contributed by atoms with E-state index in [0.717, 1.165) is 57.3 Å². The summed E-state index contributed by atoms with van der Waals surface area (Å²) in [4.78, 5) is 13.3. The van der Waals surface area contributed by atoms with Crippen LogP contribution >= 0.6 is 12.2 Å². The van der Waals surface area contributed by atoms with Crippen LogP contribution in [-0.2, 0) is 6.42 Å². The van der Waals surface area contributed by atoms with Gasteiger partial charge in [-0.1, -0.05) is 25.5 Å². The summed E-state index contributed by atoms with van der Waals surface area (Å²) in [5.41, 5.74) is 2.42. The predicted octanol–water partition coefficient (Wildman–Crippen LogP) is 2.93. The summed E-state index contributed by atoms with van der Waals surface area (Å²) in [6.45, 7) is 7.97. The molecule has 28 heavy (non-hydrogen) atoms. The van der Waals surface area contributed by atoms with E-state index in [2.05, 4.69) is 61.6 Å². The molecule has 0 unspecified atom stereocenters. The zero-order valence-electron chi connectivity index (χ0n) is 16.6. The topological polar surface area (TPSA) is 56.3 Å². The van der Waals surface area contributed by atoms with Crippen LogP contribution in [0.4, 0.5) is 11.6 Å².